The summed E-state index contributed by atoms with van der Waals surface area (Å²) in [5, 5.41) is 4.25. The third-order valence-corrected chi connectivity index (χ3v) is 6.63. The predicted molar refractivity (Wildman–Crippen MR) is 113 cm³/mol. The van der Waals surface area contributed by atoms with E-state index in [1.165, 1.54) is 25.8 Å². The van der Waals surface area contributed by atoms with E-state index in [0.717, 1.165) is 50.6 Å². The number of piperazine rings is 1. The van der Waals surface area contributed by atoms with Gasteiger partial charge in [-0.1, -0.05) is 23.2 Å². The highest BCUT2D eigenvalue weighted by Gasteiger charge is 2.23. The van der Waals surface area contributed by atoms with Crippen LogP contribution in [-0.2, 0) is 4.79 Å². The van der Waals surface area contributed by atoms with Gasteiger partial charge in [0.1, 0.15) is 0 Å². The molecule has 0 spiro atoms. The largest absolute Gasteiger partial charge is 0.369 e. The van der Waals surface area contributed by atoms with Crippen molar-refractivity contribution >= 4 is 34.8 Å². The number of nitrogens with one attached hydrogen (secondary N) is 1. The van der Waals surface area contributed by atoms with Crippen molar-refractivity contribution in [1.82, 2.24) is 10.2 Å². The van der Waals surface area contributed by atoms with Gasteiger partial charge < -0.3 is 16.0 Å². The number of nitrogens with zero attached hydrogens (tertiary/aromatic N) is 2. The first-order valence-electron chi connectivity index (χ1n) is 9.97. The molecule has 1 aliphatic heterocycles. The normalized spacial score (nSPS) is 24.0. The number of nitrogens with two attached hydrogens (primary N) is 1. The zero-order valence-corrected chi connectivity index (χ0v) is 17.3. The molecule has 0 atom stereocenters. The van der Waals surface area contributed by atoms with Crippen molar-refractivity contribution in [3.63, 3.8) is 0 Å². The third kappa shape index (κ3) is 5.98. The molecule has 1 heterocycles. The van der Waals surface area contributed by atoms with Crippen molar-refractivity contribution in [3.05, 3.63) is 28.2 Å². The van der Waals surface area contributed by atoms with Crippen molar-refractivity contribution in [2.24, 2.45) is 11.7 Å². The Morgan fingerprint density at radius 1 is 1.07 bits per heavy atom. The van der Waals surface area contributed by atoms with Gasteiger partial charge in [0.25, 0.3) is 0 Å². The van der Waals surface area contributed by atoms with Crippen LogP contribution in [0.1, 0.15) is 32.1 Å². The molecule has 27 heavy (non-hydrogen) atoms. The second-order valence-electron chi connectivity index (χ2n) is 7.71. The lowest BCUT2D eigenvalue weighted by Crippen LogP contribution is -2.47. The third-order valence-electron chi connectivity index (χ3n) is 5.89. The molecule has 1 aromatic carbocycles. The van der Waals surface area contributed by atoms with Crippen LogP contribution < -0.4 is 16.0 Å². The quantitative estimate of drug-likeness (QED) is 0.752. The summed E-state index contributed by atoms with van der Waals surface area (Å²) in [5.41, 5.74) is 6.53. The van der Waals surface area contributed by atoms with Crippen LogP contribution in [0.4, 0.5) is 5.69 Å². The fourth-order valence-corrected chi connectivity index (χ4v) is 4.45. The number of halogens is 2. The van der Waals surface area contributed by atoms with Crippen molar-refractivity contribution < 1.29 is 4.79 Å². The van der Waals surface area contributed by atoms with Gasteiger partial charge in [-0.25, -0.2) is 0 Å². The van der Waals surface area contributed by atoms with Crippen molar-refractivity contribution in [3.8, 4) is 0 Å². The lowest BCUT2D eigenvalue weighted by molar-refractivity contribution is -0.120. The van der Waals surface area contributed by atoms with Crippen LogP contribution in [0, 0.1) is 5.92 Å². The van der Waals surface area contributed by atoms with Gasteiger partial charge in [0.05, 0.1) is 16.6 Å². The molecule has 0 aromatic heterocycles. The van der Waals surface area contributed by atoms with Gasteiger partial charge in [-0.2, -0.15) is 0 Å². The Bertz CT molecular complexity index is 626. The summed E-state index contributed by atoms with van der Waals surface area (Å²) in [7, 11) is 0. The summed E-state index contributed by atoms with van der Waals surface area (Å²) in [6, 6.07) is 6.21. The molecule has 1 saturated carbocycles. The second kappa shape index (κ2) is 9.97. The van der Waals surface area contributed by atoms with Crippen LogP contribution in [0.15, 0.2) is 18.2 Å². The van der Waals surface area contributed by atoms with Gasteiger partial charge in [0, 0.05) is 37.9 Å². The van der Waals surface area contributed by atoms with Gasteiger partial charge in [0.2, 0.25) is 5.91 Å². The number of rotatable bonds is 6. The molecule has 3 N–H and O–H groups in total. The highest BCUT2D eigenvalue weighted by atomic mass is 35.5. The molecule has 1 aliphatic carbocycles. The topological polar surface area (TPSA) is 61.6 Å². The van der Waals surface area contributed by atoms with Gasteiger partial charge >= 0.3 is 0 Å². The standard InChI is InChI=1S/C20H30Cl2N4O/c21-18-6-5-17(13-19(18)22)26-11-9-25(10-12-26)8-7-15-1-3-16(4-2-15)24-20(27)14-23/h5-6,13,15-16H,1-4,7-12,14,23H2,(H,24,27)/t15-,16-. The minimum atomic E-state index is -0.0294. The maximum absolute atomic E-state index is 11.4. The summed E-state index contributed by atoms with van der Waals surface area (Å²) < 4.78 is 0. The van der Waals surface area contributed by atoms with Crippen molar-refractivity contribution in [2.75, 3.05) is 44.2 Å². The predicted octanol–water partition coefficient (Wildman–Crippen LogP) is 3.14. The number of amides is 1. The summed E-state index contributed by atoms with van der Waals surface area (Å²) >= 11 is 12.2. The molecule has 2 fully saturated rings. The van der Waals surface area contributed by atoms with Crippen LogP contribution in [0.3, 0.4) is 0 Å². The molecule has 0 unspecified atom stereocenters. The zero-order chi connectivity index (χ0) is 19.2. The number of anilines is 1. The Hall–Kier alpha value is -1.01. The molecule has 3 rings (SSSR count). The first-order chi connectivity index (χ1) is 13.0. The SMILES string of the molecule is NCC(=O)N[C@H]1CC[C@H](CCN2CCN(c3ccc(Cl)c(Cl)c3)CC2)CC1. The van der Waals surface area contributed by atoms with Gasteiger partial charge in [-0.05, 0) is 62.8 Å². The molecule has 2 aliphatic rings. The van der Waals surface area contributed by atoms with Crippen molar-refractivity contribution in [1.29, 1.82) is 0 Å². The number of carbonyl (C=O) groups is 1. The van der Waals surface area contributed by atoms with Gasteiger partial charge in [-0.3, -0.25) is 9.69 Å². The van der Waals surface area contributed by atoms with Crippen molar-refractivity contribution in [2.45, 2.75) is 38.1 Å². The Labute approximate surface area is 172 Å². The molecule has 150 valence electrons. The van der Waals surface area contributed by atoms with Crippen LogP contribution in [0.25, 0.3) is 0 Å². The Balaban J connectivity index is 1.35. The van der Waals surface area contributed by atoms with E-state index < -0.39 is 0 Å². The summed E-state index contributed by atoms with van der Waals surface area (Å²) in [5.74, 6) is 0.752. The van der Waals surface area contributed by atoms with Crippen LogP contribution in [0.5, 0.6) is 0 Å². The molecular formula is C20H30Cl2N4O. The molecule has 7 heteroatoms. The molecule has 1 aromatic rings. The Morgan fingerprint density at radius 3 is 2.41 bits per heavy atom. The van der Waals surface area contributed by atoms with E-state index in [2.05, 4.69) is 15.1 Å². The number of carbonyl (C=O) groups excluding carboxylic acids is 1. The lowest BCUT2D eigenvalue weighted by atomic mass is 9.84. The van der Waals surface area contributed by atoms with Crippen LogP contribution >= 0.6 is 23.2 Å². The van der Waals surface area contributed by atoms with E-state index in [1.54, 1.807) is 0 Å². The van der Waals surface area contributed by atoms with E-state index in [0.29, 0.717) is 16.1 Å². The van der Waals surface area contributed by atoms with Gasteiger partial charge in [0.15, 0.2) is 0 Å². The summed E-state index contributed by atoms with van der Waals surface area (Å²) in [4.78, 5) is 16.3. The first kappa shape index (κ1) is 20.7. The minimum absolute atomic E-state index is 0.0294. The fraction of sp³-hybridized carbons (Fsp3) is 0.650. The Morgan fingerprint density at radius 2 is 1.78 bits per heavy atom. The number of benzene rings is 1. The monoisotopic (exact) mass is 412 g/mol. The maximum atomic E-state index is 11.4. The Kier molecular flexibility index (Phi) is 7.65. The fourth-order valence-electron chi connectivity index (χ4n) is 4.16. The first-order valence-corrected chi connectivity index (χ1v) is 10.7. The van der Waals surface area contributed by atoms with Crippen LogP contribution in [-0.4, -0.2) is 56.1 Å². The van der Waals surface area contributed by atoms with Gasteiger partial charge in [-0.15, -0.1) is 0 Å². The smallest absolute Gasteiger partial charge is 0.233 e. The summed E-state index contributed by atoms with van der Waals surface area (Å²) in [6.07, 6.45) is 5.84. The molecule has 0 radical (unpaired) electrons. The number of hydrogen-bond acceptors (Lipinski definition) is 4. The second-order valence-corrected chi connectivity index (χ2v) is 8.52. The van der Waals surface area contributed by atoms with E-state index in [4.69, 9.17) is 28.9 Å². The maximum Gasteiger partial charge on any atom is 0.233 e. The summed E-state index contributed by atoms with van der Waals surface area (Å²) in [6.45, 7) is 5.48. The van der Waals surface area contributed by atoms with E-state index >= 15 is 0 Å². The molecule has 0 bridgehead atoms. The van der Waals surface area contributed by atoms with E-state index in [9.17, 15) is 4.79 Å². The molecular weight excluding hydrogens is 383 g/mol. The van der Waals surface area contributed by atoms with Crippen LogP contribution in [0.2, 0.25) is 10.0 Å². The highest BCUT2D eigenvalue weighted by molar-refractivity contribution is 6.42. The van der Waals surface area contributed by atoms with E-state index in [-0.39, 0.29) is 12.5 Å². The highest BCUT2D eigenvalue weighted by Crippen LogP contribution is 2.29. The number of hydrogen-bond donors (Lipinski definition) is 2. The average molecular weight is 413 g/mol. The van der Waals surface area contributed by atoms with E-state index in [1.807, 2.05) is 18.2 Å². The zero-order valence-electron chi connectivity index (χ0n) is 15.8. The minimum Gasteiger partial charge on any atom is -0.369 e. The molecule has 5 nitrogen and oxygen atoms in total. The molecule has 1 saturated heterocycles. The average Bonchev–Trinajstić information content (AvgIpc) is 2.70. The lowest BCUT2D eigenvalue weighted by Gasteiger charge is -2.37. The molecule has 1 amide bonds.